The van der Waals surface area contributed by atoms with Gasteiger partial charge in [-0.15, -0.1) is 0 Å². The maximum absolute atomic E-state index is 14.0. The van der Waals surface area contributed by atoms with Gasteiger partial charge in [-0.2, -0.15) is 0 Å². The normalized spacial score (nSPS) is 16.1. The van der Waals surface area contributed by atoms with Crippen molar-refractivity contribution in [3.63, 3.8) is 0 Å². The Labute approximate surface area is 160 Å². The van der Waals surface area contributed by atoms with Crippen LogP contribution in [0.15, 0.2) is 42.5 Å². The quantitative estimate of drug-likeness (QED) is 0.795. The zero-order chi connectivity index (χ0) is 20.3. The molecule has 28 heavy (non-hydrogen) atoms. The Morgan fingerprint density at radius 3 is 2.71 bits per heavy atom. The minimum absolute atomic E-state index is 0.0312. The van der Waals surface area contributed by atoms with Gasteiger partial charge in [0.1, 0.15) is 11.6 Å². The number of para-hydroxylation sites is 2. The fraction of sp³-hybridized carbons (Fsp3) is 0.250. The molecule has 1 aliphatic heterocycles. The van der Waals surface area contributed by atoms with Crippen LogP contribution in [0.2, 0.25) is 0 Å². The van der Waals surface area contributed by atoms with E-state index in [4.69, 9.17) is 9.84 Å². The average Bonchev–Trinajstić information content (AvgIpc) is 3.05. The highest BCUT2D eigenvalue weighted by molar-refractivity contribution is 6.04. The van der Waals surface area contributed by atoms with E-state index in [0.717, 1.165) is 6.07 Å². The van der Waals surface area contributed by atoms with Crippen molar-refractivity contribution < 1.29 is 28.6 Å². The molecule has 1 saturated heterocycles. The van der Waals surface area contributed by atoms with Crippen molar-refractivity contribution in [3.8, 4) is 5.75 Å². The second kappa shape index (κ2) is 8.08. The Morgan fingerprint density at radius 1 is 1.29 bits per heavy atom. The van der Waals surface area contributed by atoms with E-state index >= 15 is 0 Å². The first kappa shape index (κ1) is 19.3. The molecule has 2 aromatic rings. The van der Waals surface area contributed by atoms with Gasteiger partial charge in [0.2, 0.25) is 11.8 Å². The molecule has 8 heteroatoms. The maximum Gasteiger partial charge on any atom is 0.307 e. The number of nitrogens with zero attached hydrogens (tertiary/aromatic N) is 1. The lowest BCUT2D eigenvalue weighted by atomic mass is 10.1. The summed E-state index contributed by atoms with van der Waals surface area (Å²) in [6.07, 6.45) is -0.408. The second-order valence-corrected chi connectivity index (χ2v) is 6.44. The molecule has 0 radical (unpaired) electrons. The molecule has 1 fully saturated rings. The summed E-state index contributed by atoms with van der Waals surface area (Å²) >= 11 is 0. The topological polar surface area (TPSA) is 95.9 Å². The molecular weight excluding hydrogens is 367 g/mol. The van der Waals surface area contributed by atoms with Gasteiger partial charge in [-0.3, -0.25) is 14.4 Å². The molecule has 1 unspecified atom stereocenters. The number of halogens is 1. The summed E-state index contributed by atoms with van der Waals surface area (Å²) in [6.45, 7) is 0.185. The fourth-order valence-electron chi connectivity index (χ4n) is 3.14. The molecule has 0 aromatic heterocycles. The number of carbonyl (C=O) groups excluding carboxylic acids is 2. The molecular formula is C20H19FN2O5. The number of methoxy groups -OCH3 is 1. The molecule has 1 heterocycles. The minimum Gasteiger partial charge on any atom is -0.495 e. The summed E-state index contributed by atoms with van der Waals surface area (Å²) in [5.41, 5.74) is 0.832. The maximum atomic E-state index is 14.0. The van der Waals surface area contributed by atoms with Gasteiger partial charge in [0.25, 0.3) is 0 Å². The van der Waals surface area contributed by atoms with E-state index in [0.29, 0.717) is 11.4 Å². The Morgan fingerprint density at radius 2 is 2.04 bits per heavy atom. The highest BCUT2D eigenvalue weighted by Crippen LogP contribution is 2.33. The molecule has 0 saturated carbocycles. The number of carbonyl (C=O) groups is 3. The first-order valence-corrected chi connectivity index (χ1v) is 8.63. The van der Waals surface area contributed by atoms with E-state index in [1.807, 2.05) is 0 Å². The summed E-state index contributed by atoms with van der Waals surface area (Å²) in [4.78, 5) is 37.1. The van der Waals surface area contributed by atoms with Crippen LogP contribution in [0, 0.1) is 11.7 Å². The lowest BCUT2D eigenvalue weighted by Gasteiger charge is -2.19. The van der Waals surface area contributed by atoms with Crippen molar-refractivity contribution in [1.29, 1.82) is 0 Å². The third kappa shape index (κ3) is 4.11. The third-order valence-electron chi connectivity index (χ3n) is 4.53. The fourth-order valence-corrected chi connectivity index (χ4v) is 3.14. The number of nitrogens with one attached hydrogen (secondary N) is 1. The summed E-state index contributed by atoms with van der Waals surface area (Å²) in [7, 11) is 1.51. The van der Waals surface area contributed by atoms with Crippen LogP contribution in [0.4, 0.5) is 15.8 Å². The third-order valence-corrected chi connectivity index (χ3v) is 4.53. The van der Waals surface area contributed by atoms with E-state index < -0.39 is 30.0 Å². The molecule has 2 amide bonds. The molecule has 0 bridgehead atoms. The van der Waals surface area contributed by atoms with Crippen molar-refractivity contribution in [2.45, 2.75) is 12.8 Å². The average molecular weight is 386 g/mol. The van der Waals surface area contributed by atoms with Crippen LogP contribution >= 0.6 is 0 Å². The number of ether oxygens (including phenoxy) is 1. The van der Waals surface area contributed by atoms with Gasteiger partial charge in [0, 0.05) is 18.7 Å². The van der Waals surface area contributed by atoms with E-state index in [2.05, 4.69) is 5.32 Å². The molecule has 2 N–H and O–H groups in total. The SMILES string of the molecule is COc1ccccc1N1CC(C(=O)Nc2ccc(CC(=O)O)c(F)c2)CC1=O. The number of rotatable bonds is 6. The number of carboxylic acid groups (broad SMARTS) is 1. The van der Waals surface area contributed by atoms with Crippen molar-refractivity contribution in [2.75, 3.05) is 23.9 Å². The summed E-state index contributed by atoms with van der Waals surface area (Å²) < 4.78 is 19.2. The molecule has 1 aliphatic rings. The summed E-state index contributed by atoms with van der Waals surface area (Å²) in [5.74, 6) is -2.52. The van der Waals surface area contributed by atoms with Crippen LogP contribution in [0.5, 0.6) is 5.75 Å². The molecule has 146 valence electrons. The summed E-state index contributed by atoms with van der Waals surface area (Å²) in [6, 6.07) is 10.9. The van der Waals surface area contributed by atoms with Gasteiger partial charge in [0.15, 0.2) is 0 Å². The highest BCUT2D eigenvalue weighted by Gasteiger charge is 2.36. The number of aliphatic carboxylic acids is 1. The molecule has 1 atom stereocenters. The van der Waals surface area contributed by atoms with Gasteiger partial charge < -0.3 is 20.1 Å². The van der Waals surface area contributed by atoms with Crippen LogP contribution < -0.4 is 15.0 Å². The van der Waals surface area contributed by atoms with Gasteiger partial charge in [-0.05, 0) is 29.8 Å². The largest absolute Gasteiger partial charge is 0.495 e. The van der Waals surface area contributed by atoms with Crippen LogP contribution in [0.25, 0.3) is 0 Å². The number of amides is 2. The first-order chi connectivity index (χ1) is 13.4. The van der Waals surface area contributed by atoms with Gasteiger partial charge in [-0.25, -0.2) is 4.39 Å². The van der Waals surface area contributed by atoms with Gasteiger partial charge in [-0.1, -0.05) is 18.2 Å². The van der Waals surface area contributed by atoms with E-state index in [1.54, 1.807) is 24.3 Å². The predicted octanol–water partition coefficient (Wildman–Crippen LogP) is 2.45. The number of carboxylic acids is 1. The molecule has 0 spiro atoms. The minimum atomic E-state index is -1.14. The zero-order valence-electron chi connectivity index (χ0n) is 15.1. The van der Waals surface area contributed by atoms with Crippen LogP contribution in [0.3, 0.4) is 0 Å². The summed E-state index contributed by atoms with van der Waals surface area (Å²) in [5, 5.41) is 11.3. The van der Waals surface area contributed by atoms with E-state index in [9.17, 15) is 18.8 Å². The Hall–Kier alpha value is -3.42. The van der Waals surface area contributed by atoms with Gasteiger partial charge >= 0.3 is 5.97 Å². The van der Waals surface area contributed by atoms with Gasteiger partial charge in [0.05, 0.1) is 25.1 Å². The Bertz CT molecular complexity index is 931. The monoisotopic (exact) mass is 386 g/mol. The number of benzene rings is 2. The number of hydrogen-bond acceptors (Lipinski definition) is 4. The highest BCUT2D eigenvalue weighted by atomic mass is 19.1. The van der Waals surface area contributed by atoms with Crippen LogP contribution in [0.1, 0.15) is 12.0 Å². The predicted molar refractivity (Wildman–Crippen MR) is 99.8 cm³/mol. The van der Waals surface area contributed by atoms with Crippen molar-refractivity contribution in [3.05, 3.63) is 53.8 Å². The lowest BCUT2D eigenvalue weighted by molar-refractivity contribution is -0.136. The first-order valence-electron chi connectivity index (χ1n) is 8.63. The van der Waals surface area contributed by atoms with E-state index in [1.165, 1.54) is 24.1 Å². The standard InChI is InChI=1S/C20H19FN2O5/c1-28-17-5-3-2-4-16(17)23-11-13(8-18(23)24)20(27)22-14-7-6-12(9-19(25)26)15(21)10-14/h2-7,10,13H,8-9,11H2,1H3,(H,22,27)(H,25,26). The molecule has 7 nitrogen and oxygen atoms in total. The van der Waals surface area contributed by atoms with Crippen LogP contribution in [-0.4, -0.2) is 36.5 Å². The molecule has 2 aromatic carbocycles. The lowest BCUT2D eigenvalue weighted by Crippen LogP contribution is -2.28. The van der Waals surface area contributed by atoms with Crippen molar-refractivity contribution in [2.24, 2.45) is 5.92 Å². The molecule has 3 rings (SSSR count). The Kier molecular flexibility index (Phi) is 5.58. The smallest absolute Gasteiger partial charge is 0.307 e. The second-order valence-electron chi connectivity index (χ2n) is 6.44. The number of hydrogen-bond donors (Lipinski definition) is 2. The number of anilines is 2. The van der Waals surface area contributed by atoms with E-state index in [-0.39, 0.29) is 30.1 Å². The van der Waals surface area contributed by atoms with Crippen molar-refractivity contribution >= 4 is 29.2 Å². The zero-order valence-corrected chi connectivity index (χ0v) is 15.1. The Balaban J connectivity index is 1.70. The molecule has 0 aliphatic carbocycles. The van der Waals surface area contributed by atoms with Crippen molar-refractivity contribution in [1.82, 2.24) is 0 Å². The van der Waals surface area contributed by atoms with Crippen LogP contribution in [-0.2, 0) is 20.8 Å².